The molecule has 0 aliphatic heterocycles. The average Bonchev–Trinajstić information content (AvgIpc) is 3.08. The molecule has 9 heteroatoms. The first-order valence-electron chi connectivity index (χ1n) is 9.21. The molecule has 0 aliphatic carbocycles. The van der Waals surface area contributed by atoms with E-state index in [0.717, 1.165) is 10.2 Å². The van der Waals surface area contributed by atoms with Crippen molar-refractivity contribution in [3.05, 3.63) is 47.3 Å². The van der Waals surface area contributed by atoms with Crippen molar-refractivity contribution in [1.82, 2.24) is 4.57 Å². The van der Waals surface area contributed by atoms with Crippen LogP contribution in [0.2, 0.25) is 0 Å². The second-order valence-corrected chi connectivity index (χ2v) is 7.09. The summed E-state index contributed by atoms with van der Waals surface area (Å²) in [6.45, 7) is 1.73. The number of benzene rings is 2. The molecular formula is C21H22N2O6S. The van der Waals surface area contributed by atoms with E-state index in [2.05, 4.69) is 4.99 Å². The van der Waals surface area contributed by atoms with E-state index in [9.17, 15) is 9.59 Å². The van der Waals surface area contributed by atoms with Crippen LogP contribution in [-0.2, 0) is 20.9 Å². The number of aromatic nitrogens is 1. The number of thiazole rings is 1. The lowest BCUT2D eigenvalue weighted by atomic mass is 10.3. The van der Waals surface area contributed by atoms with E-state index in [1.54, 1.807) is 56.0 Å². The van der Waals surface area contributed by atoms with Crippen molar-refractivity contribution in [3.8, 4) is 17.2 Å². The first-order chi connectivity index (χ1) is 14.5. The molecule has 0 saturated heterocycles. The lowest BCUT2D eigenvalue weighted by molar-refractivity contribution is -0.143. The first-order valence-corrected chi connectivity index (χ1v) is 10.0. The van der Waals surface area contributed by atoms with Gasteiger partial charge in [-0.15, -0.1) is 0 Å². The standard InChI is InChI=1S/C21H22N2O6S/c1-4-28-20(25)12-23-17-10-9-16(27-3)11-18(17)30-21(23)22-19(24)13-29-15-7-5-14(26-2)6-8-15/h5-11H,4,12-13H2,1-3H3. The van der Waals surface area contributed by atoms with Gasteiger partial charge in [-0.2, -0.15) is 4.99 Å². The minimum absolute atomic E-state index is 0.0500. The molecule has 1 heterocycles. The molecule has 2 aromatic carbocycles. The summed E-state index contributed by atoms with van der Waals surface area (Å²) in [5.41, 5.74) is 0.761. The molecule has 0 bridgehead atoms. The number of rotatable bonds is 8. The van der Waals surface area contributed by atoms with E-state index in [1.807, 2.05) is 12.1 Å². The van der Waals surface area contributed by atoms with Gasteiger partial charge in [-0.25, -0.2) is 0 Å². The average molecular weight is 430 g/mol. The Bertz CT molecular complexity index is 1100. The number of amides is 1. The third kappa shape index (κ3) is 5.18. The van der Waals surface area contributed by atoms with Crippen molar-refractivity contribution >= 4 is 33.4 Å². The van der Waals surface area contributed by atoms with Gasteiger partial charge < -0.3 is 23.5 Å². The van der Waals surface area contributed by atoms with Gasteiger partial charge in [0, 0.05) is 0 Å². The normalized spacial score (nSPS) is 11.4. The predicted molar refractivity (Wildman–Crippen MR) is 112 cm³/mol. The van der Waals surface area contributed by atoms with Crippen molar-refractivity contribution < 1.29 is 28.5 Å². The lowest BCUT2D eigenvalue weighted by Crippen LogP contribution is -2.24. The summed E-state index contributed by atoms with van der Waals surface area (Å²) in [6, 6.07) is 12.3. The van der Waals surface area contributed by atoms with Crippen molar-refractivity contribution in [3.63, 3.8) is 0 Å². The van der Waals surface area contributed by atoms with Crippen LogP contribution in [0.1, 0.15) is 6.92 Å². The summed E-state index contributed by atoms with van der Waals surface area (Å²) >= 11 is 1.28. The fraction of sp³-hybridized carbons (Fsp3) is 0.286. The number of hydrogen-bond donors (Lipinski definition) is 0. The van der Waals surface area contributed by atoms with Gasteiger partial charge in [0.25, 0.3) is 5.91 Å². The minimum Gasteiger partial charge on any atom is -0.497 e. The summed E-state index contributed by atoms with van der Waals surface area (Å²) in [7, 11) is 3.15. The maximum atomic E-state index is 12.4. The van der Waals surface area contributed by atoms with Crippen LogP contribution in [0.25, 0.3) is 10.2 Å². The maximum Gasteiger partial charge on any atom is 0.326 e. The van der Waals surface area contributed by atoms with Crippen LogP contribution < -0.4 is 19.0 Å². The van der Waals surface area contributed by atoms with E-state index in [-0.39, 0.29) is 19.8 Å². The van der Waals surface area contributed by atoms with Gasteiger partial charge in [0.1, 0.15) is 23.8 Å². The second-order valence-electron chi connectivity index (χ2n) is 6.08. The molecule has 1 amide bonds. The second kappa shape index (κ2) is 9.93. The Kier molecular flexibility index (Phi) is 7.08. The molecular weight excluding hydrogens is 408 g/mol. The Labute approximate surface area is 177 Å². The molecule has 1 aromatic heterocycles. The van der Waals surface area contributed by atoms with E-state index in [1.165, 1.54) is 11.3 Å². The van der Waals surface area contributed by atoms with Crippen LogP contribution in [0.5, 0.6) is 17.2 Å². The topological polar surface area (TPSA) is 88.4 Å². The summed E-state index contributed by atoms with van der Waals surface area (Å²) in [6.07, 6.45) is 0. The number of ether oxygens (including phenoxy) is 4. The quantitative estimate of drug-likeness (QED) is 0.511. The molecule has 3 aromatic rings. The van der Waals surface area contributed by atoms with Gasteiger partial charge in [0.15, 0.2) is 11.4 Å². The number of fused-ring (bicyclic) bond motifs is 1. The molecule has 3 rings (SSSR count). The Hall–Kier alpha value is -3.33. The minimum atomic E-state index is -0.470. The molecule has 30 heavy (non-hydrogen) atoms. The highest BCUT2D eigenvalue weighted by Gasteiger charge is 2.13. The van der Waals surface area contributed by atoms with Crippen LogP contribution in [0, 0.1) is 0 Å². The fourth-order valence-corrected chi connectivity index (χ4v) is 3.79. The first kappa shape index (κ1) is 21.4. The highest BCUT2D eigenvalue weighted by Crippen LogP contribution is 2.23. The Morgan fingerprint density at radius 1 is 1.00 bits per heavy atom. The smallest absolute Gasteiger partial charge is 0.326 e. The van der Waals surface area contributed by atoms with Gasteiger partial charge >= 0.3 is 5.97 Å². The fourth-order valence-electron chi connectivity index (χ4n) is 2.71. The molecule has 0 atom stereocenters. The summed E-state index contributed by atoms with van der Waals surface area (Å²) in [5.74, 6) is 1.02. The van der Waals surface area contributed by atoms with Gasteiger partial charge in [-0.05, 0) is 49.4 Å². The summed E-state index contributed by atoms with van der Waals surface area (Å²) < 4.78 is 23.4. The number of carbonyl (C=O) groups is 2. The zero-order chi connectivity index (χ0) is 21.5. The molecule has 0 unspecified atom stereocenters. The molecule has 0 spiro atoms. The number of esters is 1. The van der Waals surface area contributed by atoms with E-state index < -0.39 is 11.9 Å². The van der Waals surface area contributed by atoms with E-state index in [0.29, 0.717) is 22.0 Å². The third-order valence-electron chi connectivity index (χ3n) is 4.12. The van der Waals surface area contributed by atoms with E-state index >= 15 is 0 Å². The maximum absolute atomic E-state index is 12.4. The zero-order valence-electron chi connectivity index (χ0n) is 16.9. The van der Waals surface area contributed by atoms with Crippen LogP contribution in [0.3, 0.4) is 0 Å². The molecule has 0 saturated carbocycles. The molecule has 158 valence electrons. The monoisotopic (exact) mass is 430 g/mol. The molecule has 8 nitrogen and oxygen atoms in total. The van der Waals surface area contributed by atoms with Gasteiger partial charge in [0.2, 0.25) is 0 Å². The predicted octanol–water partition coefficient (Wildman–Crippen LogP) is 2.79. The Morgan fingerprint density at radius 2 is 1.67 bits per heavy atom. The highest BCUT2D eigenvalue weighted by atomic mass is 32.1. The third-order valence-corrected chi connectivity index (χ3v) is 5.17. The molecule has 0 fully saturated rings. The zero-order valence-corrected chi connectivity index (χ0v) is 17.7. The molecule has 0 N–H and O–H groups in total. The Morgan fingerprint density at radius 3 is 2.33 bits per heavy atom. The lowest BCUT2D eigenvalue weighted by Gasteiger charge is -2.06. The highest BCUT2D eigenvalue weighted by molar-refractivity contribution is 7.16. The van der Waals surface area contributed by atoms with Crippen LogP contribution in [-0.4, -0.2) is 43.9 Å². The van der Waals surface area contributed by atoms with Gasteiger partial charge in [0.05, 0.1) is 31.0 Å². The molecule has 0 aliphatic rings. The number of methoxy groups -OCH3 is 2. The number of carbonyl (C=O) groups excluding carboxylic acids is 2. The SMILES string of the molecule is CCOC(=O)Cn1c(=NC(=O)COc2ccc(OC)cc2)sc2cc(OC)ccc21. The van der Waals surface area contributed by atoms with E-state index in [4.69, 9.17) is 18.9 Å². The van der Waals surface area contributed by atoms with Crippen molar-refractivity contribution in [1.29, 1.82) is 0 Å². The number of nitrogens with zero attached hydrogens (tertiary/aromatic N) is 2. The van der Waals surface area contributed by atoms with Crippen LogP contribution in [0.4, 0.5) is 0 Å². The van der Waals surface area contributed by atoms with Crippen molar-refractivity contribution in [2.45, 2.75) is 13.5 Å². The summed E-state index contributed by atoms with van der Waals surface area (Å²) in [5, 5.41) is 0. The van der Waals surface area contributed by atoms with Gasteiger partial charge in [-0.1, -0.05) is 11.3 Å². The largest absolute Gasteiger partial charge is 0.497 e. The van der Waals surface area contributed by atoms with Crippen molar-refractivity contribution in [2.75, 3.05) is 27.4 Å². The molecule has 0 radical (unpaired) electrons. The van der Waals surface area contributed by atoms with Crippen molar-refractivity contribution in [2.24, 2.45) is 4.99 Å². The van der Waals surface area contributed by atoms with Crippen LogP contribution >= 0.6 is 11.3 Å². The summed E-state index contributed by atoms with van der Waals surface area (Å²) in [4.78, 5) is 29.0. The Balaban J connectivity index is 1.86. The van der Waals surface area contributed by atoms with Crippen LogP contribution in [0.15, 0.2) is 47.5 Å². The van der Waals surface area contributed by atoms with Gasteiger partial charge in [-0.3, -0.25) is 9.59 Å². The number of hydrogen-bond acceptors (Lipinski definition) is 7.